The van der Waals surface area contributed by atoms with Gasteiger partial charge in [0.05, 0.1) is 17.1 Å². The summed E-state index contributed by atoms with van der Waals surface area (Å²) in [4.78, 5) is 10.4. The number of carbonyl (C=O) groups is 1. The molecule has 0 bridgehead atoms. The largest absolute Gasteiger partial charge is 0.480 e. The maximum Gasteiger partial charge on any atom is 0.329 e. The molecule has 0 aliphatic rings. The second-order valence-electron chi connectivity index (χ2n) is 5.09. The third-order valence-electron chi connectivity index (χ3n) is 2.30. The third-order valence-corrected chi connectivity index (χ3v) is 4.12. The fourth-order valence-corrected chi connectivity index (χ4v) is 2.95. The molecular formula is C10H19N3O3Si. The van der Waals surface area contributed by atoms with E-state index in [0.29, 0.717) is 6.42 Å². The Kier molecular flexibility index (Phi) is 4.41. The average Bonchev–Trinajstić information content (AvgIpc) is 2.62. The normalized spacial score (nSPS) is 13.6. The van der Waals surface area contributed by atoms with E-state index in [0.717, 1.165) is 11.0 Å². The number of aromatic amines is 1. The molecule has 96 valence electrons. The van der Waals surface area contributed by atoms with E-state index < -0.39 is 14.0 Å². The van der Waals surface area contributed by atoms with Crippen LogP contribution < -0.4 is 5.32 Å². The summed E-state index contributed by atoms with van der Waals surface area (Å²) in [5.41, 5.74) is 0.891. The summed E-state index contributed by atoms with van der Waals surface area (Å²) in [6.07, 6.45) is 0.412. The molecule has 7 heteroatoms. The van der Waals surface area contributed by atoms with Gasteiger partial charge in [0.2, 0.25) is 0 Å². The van der Waals surface area contributed by atoms with Crippen molar-refractivity contribution in [2.75, 3.05) is 6.61 Å². The summed E-state index contributed by atoms with van der Waals surface area (Å²) >= 11 is 0. The molecule has 0 radical (unpaired) electrons. The van der Waals surface area contributed by atoms with Crippen molar-refractivity contribution in [3.05, 3.63) is 5.69 Å². The molecule has 1 atom stereocenters. The Hall–Kier alpha value is -1.21. The summed E-state index contributed by atoms with van der Waals surface area (Å²) in [5, 5.41) is 20.5. The van der Waals surface area contributed by atoms with E-state index in [-0.39, 0.29) is 12.7 Å². The highest BCUT2D eigenvalue weighted by Gasteiger charge is 2.25. The molecule has 2 N–H and O–H groups in total. The zero-order valence-corrected chi connectivity index (χ0v) is 11.6. The number of ether oxygens (including phenoxy) is 1. The lowest BCUT2D eigenvalue weighted by atomic mass is 10.2. The van der Waals surface area contributed by atoms with Gasteiger partial charge in [0, 0.05) is 6.42 Å². The molecule has 1 heterocycles. The standard InChI is InChI=1S/C10H19N3O3Si/c1-7(16-6-9(14)15)5-8-10(12-13-11-8)17(2,3)4/h7H,5-6H2,1-4H3,(H,14,15)(H,11,12,13). The summed E-state index contributed by atoms with van der Waals surface area (Å²) < 4.78 is 5.18. The van der Waals surface area contributed by atoms with Crippen LogP contribution in [0.3, 0.4) is 0 Å². The number of nitrogens with zero attached hydrogens (tertiary/aromatic N) is 2. The minimum atomic E-state index is -1.51. The van der Waals surface area contributed by atoms with Crippen LogP contribution in [0.15, 0.2) is 0 Å². The smallest absolute Gasteiger partial charge is 0.329 e. The van der Waals surface area contributed by atoms with Crippen LogP contribution in [-0.4, -0.2) is 47.3 Å². The highest BCUT2D eigenvalue weighted by molar-refractivity contribution is 6.88. The highest BCUT2D eigenvalue weighted by atomic mass is 28.3. The second-order valence-corrected chi connectivity index (χ2v) is 10.1. The third kappa shape index (κ3) is 4.27. The first-order valence-corrected chi connectivity index (χ1v) is 9.04. The minimum absolute atomic E-state index is 0.175. The van der Waals surface area contributed by atoms with Gasteiger partial charge in [-0.25, -0.2) is 4.79 Å². The first-order chi connectivity index (χ1) is 7.80. The van der Waals surface area contributed by atoms with Crippen LogP contribution in [0.25, 0.3) is 0 Å². The van der Waals surface area contributed by atoms with Gasteiger partial charge in [0.15, 0.2) is 0 Å². The fraction of sp³-hybridized carbons (Fsp3) is 0.700. The van der Waals surface area contributed by atoms with Crippen molar-refractivity contribution in [3.63, 3.8) is 0 Å². The number of aliphatic carboxylic acids is 1. The molecule has 0 aliphatic heterocycles. The molecule has 1 unspecified atom stereocenters. The van der Waals surface area contributed by atoms with E-state index in [4.69, 9.17) is 9.84 Å². The van der Waals surface area contributed by atoms with Crippen LogP contribution in [0.1, 0.15) is 12.6 Å². The van der Waals surface area contributed by atoms with Gasteiger partial charge in [-0.3, -0.25) is 0 Å². The molecule has 1 rings (SSSR count). The van der Waals surface area contributed by atoms with Gasteiger partial charge in [-0.2, -0.15) is 15.4 Å². The van der Waals surface area contributed by atoms with E-state index in [1.807, 2.05) is 6.92 Å². The molecule has 0 fully saturated rings. The Morgan fingerprint density at radius 1 is 1.47 bits per heavy atom. The number of H-pyrrole nitrogens is 1. The summed E-state index contributed by atoms with van der Waals surface area (Å²) in [5.74, 6) is -0.956. The van der Waals surface area contributed by atoms with Crippen molar-refractivity contribution < 1.29 is 14.6 Å². The topological polar surface area (TPSA) is 88.1 Å². The van der Waals surface area contributed by atoms with E-state index in [9.17, 15) is 4.79 Å². The zero-order valence-electron chi connectivity index (χ0n) is 10.6. The summed E-state index contributed by atoms with van der Waals surface area (Å²) in [6, 6.07) is 0. The molecule has 1 aromatic rings. The number of carboxylic acids is 1. The van der Waals surface area contributed by atoms with Crippen LogP contribution in [0.4, 0.5) is 0 Å². The van der Waals surface area contributed by atoms with E-state index >= 15 is 0 Å². The minimum Gasteiger partial charge on any atom is -0.480 e. The molecule has 1 aromatic heterocycles. The van der Waals surface area contributed by atoms with Gasteiger partial charge < -0.3 is 9.84 Å². The highest BCUT2D eigenvalue weighted by Crippen LogP contribution is 2.06. The summed E-state index contributed by atoms with van der Waals surface area (Å²) in [7, 11) is -1.51. The number of hydrogen-bond acceptors (Lipinski definition) is 4. The second kappa shape index (κ2) is 5.41. The average molecular weight is 257 g/mol. The van der Waals surface area contributed by atoms with Gasteiger partial charge in [-0.05, 0) is 6.92 Å². The lowest BCUT2D eigenvalue weighted by molar-refractivity contribution is -0.144. The first kappa shape index (κ1) is 13.9. The number of hydrogen-bond donors (Lipinski definition) is 2. The SMILES string of the molecule is CC(Cc1n[nH]nc1[Si](C)(C)C)OCC(=O)O. The van der Waals surface area contributed by atoms with Crippen molar-refractivity contribution in [2.45, 2.75) is 39.1 Å². The number of carboxylic acid groups (broad SMARTS) is 1. The molecule has 0 amide bonds. The van der Waals surface area contributed by atoms with Crippen molar-refractivity contribution in [3.8, 4) is 0 Å². The number of rotatable bonds is 6. The molecule has 17 heavy (non-hydrogen) atoms. The fourth-order valence-electron chi connectivity index (χ4n) is 1.54. The van der Waals surface area contributed by atoms with Crippen molar-refractivity contribution >= 4 is 19.4 Å². The summed E-state index contributed by atoms with van der Waals surface area (Å²) in [6.45, 7) is 8.14. The molecule has 6 nitrogen and oxygen atoms in total. The van der Waals surface area contributed by atoms with Crippen LogP contribution in [-0.2, 0) is 16.0 Å². The molecule has 0 aliphatic carbocycles. The van der Waals surface area contributed by atoms with Gasteiger partial charge >= 0.3 is 5.97 Å². The van der Waals surface area contributed by atoms with Crippen LogP contribution >= 0.6 is 0 Å². The zero-order chi connectivity index (χ0) is 13.1. The van der Waals surface area contributed by atoms with Gasteiger partial charge in [0.25, 0.3) is 0 Å². The molecule has 0 saturated heterocycles. The quantitative estimate of drug-likeness (QED) is 0.719. The lowest BCUT2D eigenvalue weighted by Crippen LogP contribution is -2.42. The van der Waals surface area contributed by atoms with Crippen molar-refractivity contribution in [2.24, 2.45) is 0 Å². The Morgan fingerprint density at radius 2 is 2.12 bits per heavy atom. The lowest BCUT2D eigenvalue weighted by Gasteiger charge is -2.16. The maximum atomic E-state index is 10.4. The molecule has 0 saturated carbocycles. The molecule has 0 spiro atoms. The van der Waals surface area contributed by atoms with Crippen LogP contribution in [0.2, 0.25) is 19.6 Å². The monoisotopic (exact) mass is 257 g/mol. The van der Waals surface area contributed by atoms with E-state index in [1.165, 1.54) is 0 Å². The van der Waals surface area contributed by atoms with E-state index in [1.54, 1.807) is 0 Å². The Morgan fingerprint density at radius 3 is 2.65 bits per heavy atom. The maximum absolute atomic E-state index is 10.4. The predicted octanol–water partition coefficient (Wildman–Crippen LogP) is 0.382. The Balaban J connectivity index is 2.63. The van der Waals surface area contributed by atoms with Crippen molar-refractivity contribution in [1.82, 2.24) is 15.4 Å². The number of aromatic nitrogens is 3. The van der Waals surface area contributed by atoms with Gasteiger partial charge in [0.1, 0.15) is 14.7 Å². The first-order valence-electron chi connectivity index (χ1n) is 5.54. The Bertz CT molecular complexity index is 386. The van der Waals surface area contributed by atoms with Gasteiger partial charge in [-0.15, -0.1) is 0 Å². The number of nitrogens with one attached hydrogen (secondary N) is 1. The predicted molar refractivity (Wildman–Crippen MR) is 66.1 cm³/mol. The molecule has 0 aromatic carbocycles. The van der Waals surface area contributed by atoms with Crippen molar-refractivity contribution in [1.29, 1.82) is 0 Å². The Labute approximate surface area is 101 Å². The van der Waals surface area contributed by atoms with Crippen LogP contribution in [0, 0.1) is 0 Å². The van der Waals surface area contributed by atoms with Crippen LogP contribution in [0.5, 0.6) is 0 Å². The molecular weight excluding hydrogens is 238 g/mol. The van der Waals surface area contributed by atoms with Gasteiger partial charge in [-0.1, -0.05) is 19.6 Å². The van der Waals surface area contributed by atoms with E-state index in [2.05, 4.69) is 35.1 Å².